The summed E-state index contributed by atoms with van der Waals surface area (Å²) in [5.74, 6) is -1.34. The zero-order valence-corrected chi connectivity index (χ0v) is 8.80. The lowest BCUT2D eigenvalue weighted by molar-refractivity contribution is -0.146. The van der Waals surface area contributed by atoms with Crippen LogP contribution in [-0.2, 0) is 4.79 Å². The Labute approximate surface area is 90.9 Å². The summed E-state index contributed by atoms with van der Waals surface area (Å²) < 4.78 is 0. The van der Waals surface area contributed by atoms with E-state index in [1.807, 2.05) is 0 Å². The fourth-order valence-electron chi connectivity index (χ4n) is 1.03. The van der Waals surface area contributed by atoms with Crippen molar-refractivity contribution in [3.05, 3.63) is 33.3 Å². The van der Waals surface area contributed by atoms with Crippen molar-refractivity contribution in [2.45, 2.75) is 13.0 Å². The van der Waals surface area contributed by atoms with Gasteiger partial charge in [0.1, 0.15) is 0 Å². The normalized spacial score (nSPS) is 12.6. The lowest BCUT2D eigenvalue weighted by Crippen LogP contribution is -2.11. The third kappa shape index (κ3) is 2.00. The summed E-state index contributed by atoms with van der Waals surface area (Å²) in [5.41, 5.74) is 0.715. The van der Waals surface area contributed by atoms with E-state index >= 15 is 0 Å². The van der Waals surface area contributed by atoms with E-state index in [1.165, 1.54) is 12.1 Å². The van der Waals surface area contributed by atoms with Crippen molar-refractivity contribution in [2.75, 3.05) is 0 Å². The number of aliphatic hydroxyl groups is 1. The first-order valence-electron chi connectivity index (χ1n) is 3.80. The van der Waals surface area contributed by atoms with Crippen LogP contribution in [0.15, 0.2) is 12.1 Å². The summed E-state index contributed by atoms with van der Waals surface area (Å²) in [6.07, 6.45) is -1.61. The van der Waals surface area contributed by atoms with Crippen LogP contribution >= 0.6 is 23.2 Å². The van der Waals surface area contributed by atoms with E-state index in [1.54, 1.807) is 6.92 Å². The van der Waals surface area contributed by atoms with E-state index in [0.29, 0.717) is 10.6 Å². The van der Waals surface area contributed by atoms with Gasteiger partial charge in [0.25, 0.3) is 0 Å². The molecule has 2 N–H and O–H groups in total. The van der Waals surface area contributed by atoms with Gasteiger partial charge in [-0.2, -0.15) is 0 Å². The first kappa shape index (κ1) is 11.3. The summed E-state index contributed by atoms with van der Waals surface area (Å²) in [6, 6.07) is 2.90. The lowest BCUT2D eigenvalue weighted by atomic mass is 10.1. The molecule has 3 nitrogen and oxygen atoms in total. The van der Waals surface area contributed by atoms with Crippen LogP contribution in [-0.4, -0.2) is 16.2 Å². The van der Waals surface area contributed by atoms with Crippen molar-refractivity contribution >= 4 is 29.2 Å². The molecule has 0 bridgehead atoms. The zero-order chi connectivity index (χ0) is 10.9. The van der Waals surface area contributed by atoms with E-state index in [9.17, 15) is 9.90 Å². The van der Waals surface area contributed by atoms with Gasteiger partial charge in [0, 0.05) is 10.6 Å². The third-order valence-corrected chi connectivity index (χ3v) is 2.79. The van der Waals surface area contributed by atoms with Gasteiger partial charge in [0.2, 0.25) is 0 Å². The highest BCUT2D eigenvalue weighted by Gasteiger charge is 2.20. The average molecular weight is 235 g/mol. The third-order valence-electron chi connectivity index (χ3n) is 1.88. The Morgan fingerprint density at radius 2 is 2.00 bits per heavy atom. The van der Waals surface area contributed by atoms with E-state index in [0.717, 1.165) is 0 Å². The highest BCUT2D eigenvalue weighted by atomic mass is 35.5. The maximum Gasteiger partial charge on any atom is 0.337 e. The van der Waals surface area contributed by atoms with Gasteiger partial charge < -0.3 is 10.2 Å². The van der Waals surface area contributed by atoms with E-state index in [4.69, 9.17) is 28.3 Å². The Balaban J connectivity index is 3.24. The second-order valence-corrected chi connectivity index (χ2v) is 3.60. The van der Waals surface area contributed by atoms with Gasteiger partial charge in [-0.1, -0.05) is 29.3 Å². The molecule has 1 aromatic carbocycles. The summed E-state index contributed by atoms with van der Waals surface area (Å²) in [6.45, 7) is 1.66. The molecule has 1 atom stereocenters. The Kier molecular flexibility index (Phi) is 3.37. The van der Waals surface area contributed by atoms with Crippen LogP contribution in [0.25, 0.3) is 0 Å². The molecule has 1 aromatic rings. The molecule has 14 heavy (non-hydrogen) atoms. The number of hydrogen-bond acceptors (Lipinski definition) is 2. The van der Waals surface area contributed by atoms with Crippen molar-refractivity contribution in [2.24, 2.45) is 0 Å². The van der Waals surface area contributed by atoms with Crippen molar-refractivity contribution < 1.29 is 15.0 Å². The molecule has 0 amide bonds. The molecular formula is C9H8Cl2O3. The van der Waals surface area contributed by atoms with Crippen molar-refractivity contribution in [1.29, 1.82) is 0 Å². The van der Waals surface area contributed by atoms with Crippen LogP contribution in [0.2, 0.25) is 10.0 Å². The summed E-state index contributed by atoms with van der Waals surface area (Å²) in [4.78, 5) is 10.5. The molecule has 0 aliphatic rings. The van der Waals surface area contributed by atoms with Gasteiger partial charge in [-0.15, -0.1) is 0 Å². The summed E-state index contributed by atoms with van der Waals surface area (Å²) in [5, 5.41) is 18.5. The first-order valence-corrected chi connectivity index (χ1v) is 4.56. The van der Waals surface area contributed by atoms with Crippen LogP contribution < -0.4 is 0 Å². The monoisotopic (exact) mass is 234 g/mol. The number of hydrogen-bond donors (Lipinski definition) is 2. The fourth-order valence-corrected chi connectivity index (χ4v) is 1.50. The largest absolute Gasteiger partial charge is 0.479 e. The van der Waals surface area contributed by atoms with Gasteiger partial charge in [-0.3, -0.25) is 0 Å². The van der Waals surface area contributed by atoms with Crippen LogP contribution in [0.5, 0.6) is 0 Å². The van der Waals surface area contributed by atoms with Crippen LogP contribution in [0, 0.1) is 6.92 Å². The Morgan fingerprint density at radius 3 is 2.50 bits per heavy atom. The number of carbonyl (C=O) groups is 1. The fraction of sp³-hybridized carbons (Fsp3) is 0.222. The van der Waals surface area contributed by atoms with Gasteiger partial charge >= 0.3 is 5.97 Å². The van der Waals surface area contributed by atoms with E-state index < -0.39 is 12.1 Å². The summed E-state index contributed by atoms with van der Waals surface area (Å²) >= 11 is 11.6. The van der Waals surface area contributed by atoms with Gasteiger partial charge in [0.15, 0.2) is 6.10 Å². The maximum absolute atomic E-state index is 10.5. The number of halogens is 2. The summed E-state index contributed by atoms with van der Waals surface area (Å²) in [7, 11) is 0. The number of benzene rings is 1. The Bertz CT molecular complexity index is 377. The number of aliphatic hydroxyl groups excluding tert-OH is 1. The molecule has 0 aliphatic heterocycles. The molecule has 0 saturated heterocycles. The molecule has 1 rings (SSSR count). The van der Waals surface area contributed by atoms with E-state index in [-0.39, 0.29) is 10.6 Å². The Hall–Kier alpha value is -0.770. The molecule has 1 unspecified atom stereocenters. The predicted molar refractivity (Wildman–Crippen MR) is 53.8 cm³/mol. The molecule has 0 spiro atoms. The lowest BCUT2D eigenvalue weighted by Gasteiger charge is -2.10. The quantitative estimate of drug-likeness (QED) is 0.827. The predicted octanol–water partition coefficient (Wildman–Crippen LogP) is 2.42. The van der Waals surface area contributed by atoms with Gasteiger partial charge in [0.05, 0.1) is 5.02 Å². The van der Waals surface area contributed by atoms with Crippen LogP contribution in [0.4, 0.5) is 0 Å². The van der Waals surface area contributed by atoms with Gasteiger partial charge in [-0.25, -0.2) is 4.79 Å². The van der Waals surface area contributed by atoms with Crippen LogP contribution in [0.1, 0.15) is 17.2 Å². The molecule has 5 heteroatoms. The molecular weight excluding hydrogens is 227 g/mol. The zero-order valence-electron chi connectivity index (χ0n) is 7.29. The first-order chi connectivity index (χ1) is 6.45. The minimum Gasteiger partial charge on any atom is -0.479 e. The van der Waals surface area contributed by atoms with Crippen molar-refractivity contribution in [3.8, 4) is 0 Å². The highest BCUT2D eigenvalue weighted by molar-refractivity contribution is 6.36. The Morgan fingerprint density at radius 1 is 1.43 bits per heavy atom. The molecule has 0 heterocycles. The molecule has 0 aromatic heterocycles. The topological polar surface area (TPSA) is 57.5 Å². The molecule has 0 radical (unpaired) electrons. The SMILES string of the molecule is Cc1c(Cl)ccc(C(O)C(=O)O)c1Cl. The second kappa shape index (κ2) is 4.17. The number of carboxylic acid groups (broad SMARTS) is 1. The standard InChI is InChI=1S/C9H8Cl2O3/c1-4-6(10)3-2-5(7(4)11)8(12)9(13)14/h2-3,8,12H,1H3,(H,13,14). The molecule has 0 fully saturated rings. The number of carboxylic acids is 1. The van der Waals surface area contributed by atoms with Crippen molar-refractivity contribution in [3.63, 3.8) is 0 Å². The average Bonchev–Trinajstić information content (AvgIpc) is 2.13. The maximum atomic E-state index is 10.5. The second-order valence-electron chi connectivity index (χ2n) is 2.82. The van der Waals surface area contributed by atoms with Crippen LogP contribution in [0.3, 0.4) is 0 Å². The molecule has 76 valence electrons. The minimum absolute atomic E-state index is 0.154. The van der Waals surface area contributed by atoms with Gasteiger partial charge in [-0.05, 0) is 18.6 Å². The number of rotatable bonds is 2. The van der Waals surface area contributed by atoms with Crippen molar-refractivity contribution in [1.82, 2.24) is 0 Å². The minimum atomic E-state index is -1.61. The molecule has 0 saturated carbocycles. The highest BCUT2D eigenvalue weighted by Crippen LogP contribution is 2.30. The smallest absolute Gasteiger partial charge is 0.337 e. The number of aliphatic carboxylic acids is 1. The molecule has 0 aliphatic carbocycles. The van der Waals surface area contributed by atoms with E-state index in [2.05, 4.69) is 0 Å².